The van der Waals surface area contributed by atoms with Gasteiger partial charge in [-0.2, -0.15) is 0 Å². The van der Waals surface area contributed by atoms with Gasteiger partial charge in [0, 0.05) is 19.3 Å². The average Bonchev–Trinajstić information content (AvgIpc) is 3.28. The SMILES string of the molecule is CC/C=C\C/C=C\C/C=C\C/C=C\C/C=C\CCCCCC(=O)OC[C@H](COC(=O)CCCCCCCCCCCCCCC)OC(=O)CCCCCCC/C=C\CCCCCC. The molecule has 0 heterocycles. The average molecular weight is 879 g/mol. The molecule has 1 atom stereocenters. The van der Waals surface area contributed by atoms with Crippen molar-refractivity contribution >= 4 is 17.9 Å². The fraction of sp³-hybridized carbons (Fsp3) is 0.737. The summed E-state index contributed by atoms with van der Waals surface area (Å²) in [4.78, 5) is 38.0. The largest absolute Gasteiger partial charge is 0.462 e. The first-order valence-corrected chi connectivity index (χ1v) is 26.4. The van der Waals surface area contributed by atoms with Crippen molar-refractivity contribution in [1.29, 1.82) is 0 Å². The number of carbonyl (C=O) groups is 3. The molecule has 0 radical (unpaired) electrons. The smallest absolute Gasteiger partial charge is 0.306 e. The van der Waals surface area contributed by atoms with Gasteiger partial charge in [0.2, 0.25) is 0 Å². The molecule has 0 aliphatic rings. The zero-order chi connectivity index (χ0) is 45.8. The summed E-state index contributed by atoms with van der Waals surface area (Å²) in [5, 5.41) is 0. The van der Waals surface area contributed by atoms with Gasteiger partial charge in [-0.05, 0) is 89.9 Å². The van der Waals surface area contributed by atoms with Crippen molar-refractivity contribution in [1.82, 2.24) is 0 Å². The van der Waals surface area contributed by atoms with Crippen LogP contribution in [0.2, 0.25) is 0 Å². The lowest BCUT2D eigenvalue weighted by Gasteiger charge is -2.18. The van der Waals surface area contributed by atoms with Crippen LogP contribution in [0.5, 0.6) is 0 Å². The quantitative estimate of drug-likeness (QED) is 0.0262. The van der Waals surface area contributed by atoms with Crippen LogP contribution in [0.25, 0.3) is 0 Å². The molecule has 0 saturated carbocycles. The maximum Gasteiger partial charge on any atom is 0.306 e. The van der Waals surface area contributed by atoms with E-state index in [2.05, 4.69) is 93.7 Å². The van der Waals surface area contributed by atoms with Gasteiger partial charge in [0.1, 0.15) is 13.2 Å². The zero-order valence-electron chi connectivity index (χ0n) is 41.3. The normalized spacial score (nSPS) is 12.6. The standard InChI is InChI=1S/C57H98O6/c1-4-7-10-13-16-19-22-25-26-27-28-29-30-33-35-38-41-44-47-50-56(59)62-53-54(63-57(60)51-48-45-42-39-36-32-24-21-18-15-12-9-6-3)52-61-55(58)49-46-43-40-37-34-31-23-20-17-14-11-8-5-2/h7,10,16,19,21,24-26,28-29,33,35,54H,4-6,8-9,11-15,17-18,20,22-23,27,30-32,34,36-53H2,1-3H3/b10-7-,19-16-,24-21-,26-25-,29-28-,35-33-/t54-/m0/s1. The van der Waals surface area contributed by atoms with Gasteiger partial charge in [-0.25, -0.2) is 0 Å². The van der Waals surface area contributed by atoms with Gasteiger partial charge < -0.3 is 14.2 Å². The monoisotopic (exact) mass is 879 g/mol. The van der Waals surface area contributed by atoms with Crippen molar-refractivity contribution in [3.05, 3.63) is 72.9 Å². The van der Waals surface area contributed by atoms with Crippen LogP contribution < -0.4 is 0 Å². The van der Waals surface area contributed by atoms with Crippen molar-refractivity contribution in [3.8, 4) is 0 Å². The van der Waals surface area contributed by atoms with Gasteiger partial charge in [0.15, 0.2) is 6.10 Å². The van der Waals surface area contributed by atoms with Crippen molar-refractivity contribution in [3.63, 3.8) is 0 Å². The third-order valence-electron chi connectivity index (χ3n) is 11.2. The molecule has 0 spiro atoms. The van der Waals surface area contributed by atoms with Crippen LogP contribution in [-0.2, 0) is 28.6 Å². The highest BCUT2D eigenvalue weighted by molar-refractivity contribution is 5.71. The molecule has 6 nitrogen and oxygen atoms in total. The van der Waals surface area contributed by atoms with Crippen molar-refractivity contribution in [2.24, 2.45) is 0 Å². The number of esters is 3. The second kappa shape index (κ2) is 51.5. The van der Waals surface area contributed by atoms with Gasteiger partial charge in [0.05, 0.1) is 0 Å². The van der Waals surface area contributed by atoms with Crippen LogP contribution in [0.15, 0.2) is 72.9 Å². The van der Waals surface area contributed by atoms with E-state index in [0.29, 0.717) is 19.3 Å². The first-order valence-electron chi connectivity index (χ1n) is 26.4. The topological polar surface area (TPSA) is 78.9 Å². The Morgan fingerprint density at radius 3 is 1.02 bits per heavy atom. The van der Waals surface area contributed by atoms with Crippen LogP contribution in [0.3, 0.4) is 0 Å². The lowest BCUT2D eigenvalue weighted by Crippen LogP contribution is -2.30. The van der Waals surface area contributed by atoms with Gasteiger partial charge in [-0.15, -0.1) is 0 Å². The van der Waals surface area contributed by atoms with Crippen LogP contribution >= 0.6 is 0 Å². The highest BCUT2D eigenvalue weighted by Gasteiger charge is 2.19. The Balaban J connectivity index is 4.43. The summed E-state index contributed by atoms with van der Waals surface area (Å²) in [5.74, 6) is -0.926. The Labute approximate surface area is 389 Å². The van der Waals surface area contributed by atoms with Gasteiger partial charge in [0.25, 0.3) is 0 Å². The first kappa shape index (κ1) is 59.9. The molecule has 0 aliphatic heterocycles. The molecule has 0 aliphatic carbocycles. The summed E-state index contributed by atoms with van der Waals surface area (Å²) in [6, 6.07) is 0. The lowest BCUT2D eigenvalue weighted by molar-refractivity contribution is -0.167. The maximum absolute atomic E-state index is 12.8. The zero-order valence-corrected chi connectivity index (χ0v) is 41.3. The van der Waals surface area contributed by atoms with Crippen LogP contribution in [0, 0.1) is 0 Å². The Bertz CT molecular complexity index is 1190. The van der Waals surface area contributed by atoms with E-state index >= 15 is 0 Å². The predicted molar refractivity (Wildman–Crippen MR) is 270 cm³/mol. The second-order valence-electron chi connectivity index (χ2n) is 17.4. The molecule has 0 aromatic carbocycles. The first-order chi connectivity index (χ1) is 31.0. The van der Waals surface area contributed by atoms with E-state index in [0.717, 1.165) is 109 Å². The number of rotatable bonds is 47. The van der Waals surface area contributed by atoms with Crippen LogP contribution in [0.1, 0.15) is 252 Å². The number of hydrogen-bond acceptors (Lipinski definition) is 6. The highest BCUT2D eigenvalue weighted by Crippen LogP contribution is 2.15. The minimum atomic E-state index is -0.791. The molecule has 362 valence electrons. The molecular weight excluding hydrogens is 781 g/mol. The summed E-state index contributed by atoms with van der Waals surface area (Å²) in [5.41, 5.74) is 0. The van der Waals surface area contributed by atoms with E-state index in [1.54, 1.807) is 0 Å². The molecule has 0 fully saturated rings. The third-order valence-corrected chi connectivity index (χ3v) is 11.2. The van der Waals surface area contributed by atoms with E-state index in [1.807, 2.05) is 0 Å². The fourth-order valence-corrected chi connectivity index (χ4v) is 7.23. The summed E-state index contributed by atoms with van der Waals surface area (Å²) >= 11 is 0. The predicted octanol–water partition coefficient (Wildman–Crippen LogP) is 17.4. The van der Waals surface area contributed by atoms with E-state index in [1.165, 1.54) is 103 Å². The molecule has 0 unspecified atom stereocenters. The number of ether oxygens (including phenoxy) is 3. The third kappa shape index (κ3) is 49.7. The van der Waals surface area contributed by atoms with Gasteiger partial charge >= 0.3 is 17.9 Å². The number of carbonyl (C=O) groups excluding carboxylic acids is 3. The van der Waals surface area contributed by atoms with E-state index in [9.17, 15) is 14.4 Å². The number of hydrogen-bond donors (Lipinski definition) is 0. The summed E-state index contributed by atoms with van der Waals surface area (Å²) in [6.07, 6.45) is 64.5. The van der Waals surface area contributed by atoms with Crippen molar-refractivity contribution in [2.45, 2.75) is 258 Å². The van der Waals surface area contributed by atoms with Crippen LogP contribution in [0.4, 0.5) is 0 Å². The summed E-state index contributed by atoms with van der Waals surface area (Å²) < 4.78 is 16.8. The Morgan fingerprint density at radius 1 is 0.333 bits per heavy atom. The molecule has 63 heavy (non-hydrogen) atoms. The van der Waals surface area contributed by atoms with Crippen LogP contribution in [-0.4, -0.2) is 37.2 Å². The molecule has 0 aromatic heterocycles. The Kier molecular flexibility index (Phi) is 48.9. The lowest BCUT2D eigenvalue weighted by atomic mass is 10.0. The van der Waals surface area contributed by atoms with Crippen molar-refractivity contribution < 1.29 is 28.6 Å². The summed E-state index contributed by atoms with van der Waals surface area (Å²) in [7, 11) is 0. The van der Waals surface area contributed by atoms with E-state index in [-0.39, 0.29) is 31.1 Å². The number of allylic oxidation sites excluding steroid dienone is 12. The van der Waals surface area contributed by atoms with Gasteiger partial charge in [-0.1, -0.05) is 216 Å². The minimum absolute atomic E-state index is 0.0876. The molecule has 0 rings (SSSR count). The highest BCUT2D eigenvalue weighted by atomic mass is 16.6. The van der Waals surface area contributed by atoms with Crippen molar-refractivity contribution in [2.75, 3.05) is 13.2 Å². The fourth-order valence-electron chi connectivity index (χ4n) is 7.23. The molecule has 0 amide bonds. The van der Waals surface area contributed by atoms with Gasteiger partial charge in [-0.3, -0.25) is 14.4 Å². The molecule has 6 heteroatoms. The van der Waals surface area contributed by atoms with E-state index < -0.39 is 6.10 Å². The Morgan fingerprint density at radius 2 is 0.619 bits per heavy atom. The maximum atomic E-state index is 12.8. The molecule has 0 N–H and O–H groups in total. The summed E-state index contributed by atoms with van der Waals surface area (Å²) in [6.45, 7) is 6.48. The molecule has 0 saturated heterocycles. The molecule has 0 aromatic rings. The Hall–Kier alpha value is -3.15. The number of unbranched alkanes of at least 4 members (excludes halogenated alkanes) is 24. The molecule has 0 bridgehead atoms. The minimum Gasteiger partial charge on any atom is -0.462 e. The van der Waals surface area contributed by atoms with E-state index in [4.69, 9.17) is 14.2 Å². The second-order valence-corrected chi connectivity index (χ2v) is 17.4. The molecular formula is C57H98O6.